The van der Waals surface area contributed by atoms with Crippen LogP contribution in [0, 0.1) is 21.4 Å². The molecule has 0 saturated carbocycles. The highest BCUT2D eigenvalue weighted by atomic mass is 35.5. The van der Waals surface area contributed by atoms with E-state index in [0.717, 1.165) is 6.07 Å². The molecule has 1 unspecified atom stereocenters. The monoisotopic (exact) mass is 442 g/mol. The van der Waals surface area contributed by atoms with Gasteiger partial charge in [-0.05, 0) is 12.5 Å². The lowest BCUT2D eigenvalue weighted by Gasteiger charge is -2.26. The summed E-state index contributed by atoms with van der Waals surface area (Å²) in [6, 6.07) is 4.92. The normalized spacial score (nSPS) is 18.1. The van der Waals surface area contributed by atoms with Crippen molar-refractivity contribution in [3.8, 4) is 6.07 Å². The number of rotatable bonds is 8. The number of benzene rings is 1. The van der Waals surface area contributed by atoms with E-state index < -0.39 is 20.7 Å². The highest BCUT2D eigenvalue weighted by Gasteiger charge is 2.31. The number of anilines is 1. The number of nitro groups is 1. The van der Waals surface area contributed by atoms with E-state index in [1.807, 2.05) is 0 Å². The van der Waals surface area contributed by atoms with Gasteiger partial charge in [-0.1, -0.05) is 11.6 Å². The highest BCUT2D eigenvalue weighted by Crippen LogP contribution is 2.27. The molecule has 1 atom stereocenters. The molecule has 12 heteroatoms. The predicted molar refractivity (Wildman–Crippen MR) is 106 cm³/mol. The van der Waals surface area contributed by atoms with Gasteiger partial charge in [0.05, 0.1) is 33.7 Å². The van der Waals surface area contributed by atoms with Gasteiger partial charge in [-0.3, -0.25) is 14.9 Å². The zero-order chi connectivity index (χ0) is 21.6. The average Bonchev–Trinajstić information content (AvgIpc) is 3.03. The summed E-state index contributed by atoms with van der Waals surface area (Å²) in [7, 11) is -1.69. The maximum Gasteiger partial charge on any atom is 0.271 e. The molecule has 1 aromatic rings. The fourth-order valence-electron chi connectivity index (χ4n) is 2.80. The summed E-state index contributed by atoms with van der Waals surface area (Å²) in [5.74, 6) is -0.866. The molecular formula is C17H19ClN4O6S. The Bertz CT molecular complexity index is 973. The molecule has 1 fully saturated rings. The minimum absolute atomic E-state index is 0.0149. The van der Waals surface area contributed by atoms with Gasteiger partial charge >= 0.3 is 0 Å². The third kappa shape index (κ3) is 6.15. The van der Waals surface area contributed by atoms with E-state index in [1.54, 1.807) is 11.0 Å². The van der Waals surface area contributed by atoms with Crippen LogP contribution in [0.15, 0.2) is 30.0 Å². The third-order valence-corrected chi connectivity index (χ3v) is 6.38. The van der Waals surface area contributed by atoms with Gasteiger partial charge in [0.15, 0.2) is 9.84 Å². The molecule has 10 nitrogen and oxygen atoms in total. The molecule has 1 N–H and O–H groups in total. The maximum atomic E-state index is 12.5. The first-order valence-corrected chi connectivity index (χ1v) is 10.7. The minimum Gasteiger partial charge on any atom is -0.383 e. The highest BCUT2D eigenvalue weighted by molar-refractivity contribution is 7.91. The first-order valence-electron chi connectivity index (χ1n) is 8.49. The first-order chi connectivity index (χ1) is 13.7. The van der Waals surface area contributed by atoms with Gasteiger partial charge in [-0.25, -0.2) is 8.42 Å². The molecule has 0 aromatic heterocycles. The summed E-state index contributed by atoms with van der Waals surface area (Å²) in [6.07, 6.45) is 1.66. The molecule has 1 saturated heterocycles. The fourth-order valence-corrected chi connectivity index (χ4v) is 4.71. The summed E-state index contributed by atoms with van der Waals surface area (Å²) in [5, 5.41) is 22.8. The smallest absolute Gasteiger partial charge is 0.271 e. The number of nitriles is 1. The van der Waals surface area contributed by atoms with Crippen molar-refractivity contribution >= 4 is 38.7 Å². The van der Waals surface area contributed by atoms with Gasteiger partial charge in [-0.2, -0.15) is 5.26 Å². The standard InChI is InChI=1S/C17H19ClN4O6S/c1-28-6-5-21(14-4-7-29(26,27)11-14)10-12(9-19)17(23)20-16-8-13(22(24)25)2-3-15(16)18/h2-3,8,10,14H,4-7,11H2,1H3,(H,20,23)/b12-10-. The zero-order valence-corrected chi connectivity index (χ0v) is 17.1. The van der Waals surface area contributed by atoms with E-state index in [-0.39, 0.29) is 52.7 Å². The molecule has 0 bridgehead atoms. The quantitative estimate of drug-likeness (QED) is 0.277. The van der Waals surface area contributed by atoms with Gasteiger partial charge in [0.2, 0.25) is 0 Å². The molecule has 0 aliphatic carbocycles. The van der Waals surface area contributed by atoms with Crippen LogP contribution < -0.4 is 5.32 Å². The lowest BCUT2D eigenvalue weighted by Crippen LogP contribution is -2.35. The Hall–Kier alpha value is -2.68. The van der Waals surface area contributed by atoms with E-state index >= 15 is 0 Å². The van der Waals surface area contributed by atoms with E-state index in [1.165, 1.54) is 25.4 Å². The van der Waals surface area contributed by atoms with Crippen molar-refractivity contribution in [3.63, 3.8) is 0 Å². The predicted octanol–water partition coefficient (Wildman–Crippen LogP) is 1.73. The third-order valence-electron chi connectivity index (χ3n) is 4.30. The van der Waals surface area contributed by atoms with Crippen LogP contribution in [0.3, 0.4) is 0 Å². The Morgan fingerprint density at radius 3 is 2.83 bits per heavy atom. The number of sulfone groups is 1. The summed E-state index contributed by atoms with van der Waals surface area (Å²) >= 11 is 5.97. The van der Waals surface area contributed by atoms with Crippen molar-refractivity contribution in [1.29, 1.82) is 5.26 Å². The summed E-state index contributed by atoms with van der Waals surface area (Å²) in [5.41, 5.74) is -0.586. The number of non-ortho nitro benzene ring substituents is 1. The Labute approximate surface area is 172 Å². The van der Waals surface area contributed by atoms with E-state index in [9.17, 15) is 28.6 Å². The van der Waals surface area contributed by atoms with Gasteiger partial charge < -0.3 is 15.0 Å². The van der Waals surface area contributed by atoms with Crippen LogP contribution in [0.25, 0.3) is 0 Å². The van der Waals surface area contributed by atoms with Crippen LogP contribution in [0.2, 0.25) is 5.02 Å². The van der Waals surface area contributed by atoms with E-state index in [4.69, 9.17) is 16.3 Å². The van der Waals surface area contributed by atoms with Crippen LogP contribution in [-0.4, -0.2) is 62.0 Å². The Morgan fingerprint density at radius 2 is 2.28 bits per heavy atom. The molecule has 29 heavy (non-hydrogen) atoms. The lowest BCUT2D eigenvalue weighted by molar-refractivity contribution is -0.384. The Balaban J connectivity index is 2.25. The summed E-state index contributed by atoms with van der Waals surface area (Å²) in [4.78, 5) is 24.4. The second kappa shape index (κ2) is 9.69. The maximum absolute atomic E-state index is 12.5. The number of carbonyl (C=O) groups is 1. The van der Waals surface area contributed by atoms with Gasteiger partial charge in [-0.15, -0.1) is 0 Å². The largest absolute Gasteiger partial charge is 0.383 e. The van der Waals surface area contributed by atoms with Crippen molar-refractivity contribution in [1.82, 2.24) is 4.90 Å². The molecule has 1 heterocycles. The van der Waals surface area contributed by atoms with Crippen molar-refractivity contribution in [2.24, 2.45) is 0 Å². The topological polar surface area (TPSA) is 143 Å². The number of nitro benzene ring substituents is 1. The lowest BCUT2D eigenvalue weighted by atomic mass is 10.2. The Kier molecular flexibility index (Phi) is 7.55. The molecule has 1 aromatic carbocycles. The van der Waals surface area contributed by atoms with Crippen LogP contribution in [0.1, 0.15) is 6.42 Å². The zero-order valence-electron chi connectivity index (χ0n) is 15.5. The van der Waals surface area contributed by atoms with Crippen molar-refractivity contribution in [2.75, 3.05) is 37.1 Å². The van der Waals surface area contributed by atoms with Crippen LogP contribution in [0.5, 0.6) is 0 Å². The summed E-state index contributed by atoms with van der Waals surface area (Å²) in [6.45, 7) is 0.552. The molecule has 2 rings (SSSR count). The Morgan fingerprint density at radius 1 is 1.55 bits per heavy atom. The molecule has 1 aliphatic heterocycles. The van der Waals surface area contributed by atoms with Gasteiger partial charge in [0.25, 0.3) is 11.6 Å². The van der Waals surface area contributed by atoms with Gasteiger partial charge in [0.1, 0.15) is 11.6 Å². The number of nitrogens with zero attached hydrogens (tertiary/aromatic N) is 3. The minimum atomic E-state index is -3.17. The van der Waals surface area contributed by atoms with Crippen LogP contribution >= 0.6 is 11.6 Å². The SMILES string of the molecule is COCCN(/C=C(/C#N)C(=O)Nc1cc([N+](=O)[O-])ccc1Cl)C1CCS(=O)(=O)C1. The molecule has 0 spiro atoms. The number of halogens is 1. The molecular weight excluding hydrogens is 424 g/mol. The second-order valence-electron chi connectivity index (χ2n) is 6.32. The molecule has 1 aliphatic rings. The van der Waals surface area contributed by atoms with Crippen LogP contribution in [-0.2, 0) is 19.4 Å². The first kappa shape index (κ1) is 22.6. The van der Waals surface area contributed by atoms with Crippen molar-refractivity contribution < 1.29 is 22.9 Å². The number of nitrogens with one attached hydrogen (secondary N) is 1. The average molecular weight is 443 g/mol. The summed E-state index contributed by atoms with van der Waals surface area (Å²) < 4.78 is 28.6. The number of methoxy groups -OCH3 is 1. The van der Waals surface area contributed by atoms with Crippen LogP contribution in [0.4, 0.5) is 11.4 Å². The number of carbonyl (C=O) groups excluding carboxylic acids is 1. The van der Waals surface area contributed by atoms with Crippen molar-refractivity contribution in [3.05, 3.63) is 45.1 Å². The fraction of sp³-hybridized carbons (Fsp3) is 0.412. The van der Waals surface area contributed by atoms with E-state index in [2.05, 4.69) is 5.32 Å². The number of amides is 1. The molecule has 0 radical (unpaired) electrons. The number of hydrogen-bond acceptors (Lipinski definition) is 8. The second-order valence-corrected chi connectivity index (χ2v) is 8.95. The van der Waals surface area contributed by atoms with Gasteiger partial charge in [0, 0.05) is 38.0 Å². The number of hydrogen-bond donors (Lipinski definition) is 1. The molecule has 1 amide bonds. The number of ether oxygens (including phenoxy) is 1. The molecule has 156 valence electrons. The van der Waals surface area contributed by atoms with Crippen molar-refractivity contribution in [2.45, 2.75) is 12.5 Å². The van der Waals surface area contributed by atoms with E-state index in [0.29, 0.717) is 6.42 Å².